The summed E-state index contributed by atoms with van der Waals surface area (Å²) >= 11 is 4.18. The van der Waals surface area contributed by atoms with Crippen molar-refractivity contribution < 1.29 is 96.3 Å². The number of allylic oxidation sites excluding steroid dienone is 1. The number of aliphatic hydroxyl groups is 6. The third-order valence-corrected chi connectivity index (χ3v) is 24.4. The smallest absolute Gasteiger partial charge is 0.309 e. The number of nitrogens with zero attached hydrogens (tertiary/aromatic N) is 3. The fourth-order valence-electron chi connectivity index (χ4n) is 13.9. The highest BCUT2D eigenvalue weighted by atomic mass is 32.1. The standard InChI is InChI=1S/2C26H38FNO6S.C26H38FNO5S/c2*1-14-8-7-9-26(6)21(34-26)11-19(18(27)10-17-13-35-16(3)28-17)33-22(30)12-20(29)25(4,5)24(32)15(2)23(14)31;1-15-8-7-9-16(2)24(31)17(3)25(32)26(5,6)22(29)13-23(30)33-21(11-10-15)20(27)12-19-14-34-18(4)28-19/h2*10,13-15,19-21,23,29,31H,7-9,11-12H2,1-6H3;10,12,14,16-17,21-22,24,29,31H,7-9,11,13H2,1-6H3/b2*18-10-;15-10-,20-12-/t14-,15+,19-,20-,21+,23-,26-;14-,15+,19-,20-,21-,23-,26+;16-,17+,21-,22-,24-/m000/s1. The zero-order valence-electron chi connectivity index (χ0n) is 63.8. The summed E-state index contributed by atoms with van der Waals surface area (Å²) in [6, 6.07) is 0. The third kappa shape index (κ3) is 23.9. The number of hydrogen-bond acceptors (Lipinski definition) is 23. The Hall–Kier alpha value is -5.26. The molecule has 26 heteroatoms. The van der Waals surface area contributed by atoms with Crippen molar-refractivity contribution >= 4 is 87.5 Å². The van der Waals surface area contributed by atoms with Crippen LogP contribution in [0.1, 0.15) is 232 Å². The van der Waals surface area contributed by atoms with Gasteiger partial charge in [-0.15, -0.1) is 34.0 Å². The molecule has 0 radical (unpaired) electrons. The molecular formula is C78H114F3N3O17S3. The maximum atomic E-state index is 15.3. The minimum atomic E-state index is -1.35. The quantitative estimate of drug-likeness (QED) is 0.0578. The van der Waals surface area contributed by atoms with Crippen LogP contribution in [0.4, 0.5) is 13.2 Å². The van der Waals surface area contributed by atoms with E-state index in [1.165, 1.54) is 52.2 Å². The van der Waals surface area contributed by atoms with Crippen LogP contribution in [0, 0.1) is 72.5 Å². The van der Waals surface area contributed by atoms with Gasteiger partial charge in [0.1, 0.15) is 34.8 Å². The van der Waals surface area contributed by atoms with Gasteiger partial charge in [-0.2, -0.15) is 0 Å². The lowest BCUT2D eigenvalue weighted by Crippen LogP contribution is -2.45. The Morgan fingerprint density at radius 1 is 0.462 bits per heavy atom. The first-order valence-electron chi connectivity index (χ1n) is 36.5. The van der Waals surface area contributed by atoms with Crippen molar-refractivity contribution in [3.63, 3.8) is 0 Å². The monoisotopic (exact) mass is 1520 g/mol. The predicted molar refractivity (Wildman–Crippen MR) is 394 cm³/mol. The van der Waals surface area contributed by atoms with Crippen LogP contribution in [-0.2, 0) is 52.5 Å². The summed E-state index contributed by atoms with van der Waals surface area (Å²) < 4.78 is 73.8. The van der Waals surface area contributed by atoms with Gasteiger partial charge in [-0.1, -0.05) is 108 Å². The molecule has 4 fully saturated rings. The number of ether oxygens (including phenoxy) is 5. The van der Waals surface area contributed by atoms with Gasteiger partial charge in [-0.05, 0) is 116 Å². The van der Waals surface area contributed by atoms with Gasteiger partial charge in [0.2, 0.25) is 0 Å². The molecule has 3 aromatic heterocycles. The van der Waals surface area contributed by atoms with E-state index in [2.05, 4.69) is 15.0 Å². The minimum Gasteiger partial charge on any atom is -0.455 e. The van der Waals surface area contributed by atoms with E-state index in [4.69, 9.17) is 23.7 Å². The van der Waals surface area contributed by atoms with Gasteiger partial charge in [-0.3, -0.25) is 28.8 Å². The maximum absolute atomic E-state index is 15.3. The molecule has 3 aromatic rings. The van der Waals surface area contributed by atoms with E-state index >= 15 is 13.2 Å². The average Bonchev–Trinajstić information content (AvgIpc) is 1.72. The van der Waals surface area contributed by atoms with Crippen molar-refractivity contribution in [1.29, 1.82) is 0 Å². The van der Waals surface area contributed by atoms with E-state index < -0.39 is 155 Å². The van der Waals surface area contributed by atoms with Crippen LogP contribution in [0.2, 0.25) is 0 Å². The minimum absolute atomic E-state index is 0.104. The number of aromatic nitrogens is 3. The summed E-state index contributed by atoms with van der Waals surface area (Å²) in [5.74, 6) is -7.79. The largest absolute Gasteiger partial charge is 0.455 e. The van der Waals surface area contributed by atoms with Crippen LogP contribution in [0.15, 0.2) is 45.3 Å². The summed E-state index contributed by atoms with van der Waals surface area (Å²) in [7, 11) is 0. The van der Waals surface area contributed by atoms with Crippen LogP contribution in [-0.4, -0.2) is 159 Å². The highest BCUT2D eigenvalue weighted by Gasteiger charge is 2.55. The van der Waals surface area contributed by atoms with Crippen molar-refractivity contribution in [3.8, 4) is 0 Å². The molecule has 0 spiro atoms. The van der Waals surface area contributed by atoms with Gasteiger partial charge in [0, 0.05) is 59.2 Å². The van der Waals surface area contributed by atoms with Crippen molar-refractivity contribution in [1.82, 2.24) is 15.0 Å². The van der Waals surface area contributed by atoms with Crippen molar-refractivity contribution in [2.45, 2.75) is 299 Å². The number of thiazole rings is 3. The molecular weight excluding hydrogens is 1400 g/mol. The Labute approximate surface area is 623 Å². The number of aliphatic hydroxyl groups excluding tert-OH is 6. The van der Waals surface area contributed by atoms with E-state index in [9.17, 15) is 59.4 Å². The first-order chi connectivity index (χ1) is 48.3. The Kier molecular flexibility index (Phi) is 31.4. The number of aryl methyl sites for hydroxylation is 3. The van der Waals surface area contributed by atoms with Gasteiger partial charge < -0.3 is 54.3 Å². The number of halogens is 3. The van der Waals surface area contributed by atoms with Crippen LogP contribution in [0.25, 0.3) is 18.2 Å². The SMILES string of the molecule is C/C1=C/C[C@@H](/C(F)=C/c2csc(C)n2)OC(=O)C[C@H](O)C(C)(C)C(=O)[C@H](C)[C@@H](O)[C@@H](C)CCC1.Cc1nc(/C=C(\F)[C@@H]2C[C@@H]3O[C@]3(C)CCC[C@H](C)[C@H](O)[C@@H](C)C(=O)C(C)(C)[C@@H](O)CC(=O)O2)cs1.Cc1nc(/C=C(\F)[C@@H]2C[C@H]3O[C@@]3(C)CCC[C@H](C)[C@H](O)[C@@H](C)C(=O)C(C)(C)[C@@H](O)CC(=O)O2)cs1. The van der Waals surface area contributed by atoms with Gasteiger partial charge >= 0.3 is 17.9 Å². The first kappa shape index (κ1) is 87.6. The molecule has 5 aliphatic rings. The van der Waals surface area contributed by atoms with Gasteiger partial charge in [-0.25, -0.2) is 28.1 Å². The Bertz CT molecular complexity index is 3410. The normalized spacial score (nSPS) is 35.7. The third-order valence-electron chi connectivity index (χ3n) is 22.0. The molecule has 0 saturated carbocycles. The predicted octanol–water partition coefficient (Wildman–Crippen LogP) is 13.9. The molecule has 8 heterocycles. The number of rotatable bonds is 6. The second-order valence-corrected chi connectivity index (χ2v) is 35.0. The summed E-state index contributed by atoms with van der Waals surface area (Å²) in [4.78, 5) is 90.3. The first-order valence-corrected chi connectivity index (χ1v) is 39.1. The number of carbonyl (C=O) groups excluding carboxylic acids is 6. The van der Waals surface area contributed by atoms with Crippen LogP contribution < -0.4 is 0 Å². The van der Waals surface area contributed by atoms with Crippen LogP contribution >= 0.6 is 34.0 Å². The number of ketones is 3. The summed E-state index contributed by atoms with van der Waals surface area (Å²) in [5.41, 5.74) is -2.43. The highest BCUT2D eigenvalue weighted by molar-refractivity contribution is 7.10. The number of esters is 3. The maximum Gasteiger partial charge on any atom is 0.309 e. The van der Waals surface area contributed by atoms with Gasteiger partial charge in [0.05, 0.1) is 128 Å². The number of hydrogen-bond donors (Lipinski definition) is 6. The molecule has 0 aliphatic carbocycles. The summed E-state index contributed by atoms with van der Waals surface area (Å²) in [6.07, 6.45) is 0.567. The summed E-state index contributed by atoms with van der Waals surface area (Å²) in [6.45, 7) is 31.3. The van der Waals surface area contributed by atoms with Gasteiger partial charge in [0.15, 0.2) is 18.3 Å². The lowest BCUT2D eigenvalue weighted by atomic mass is 9.73. The molecule has 0 unspecified atom stereocenters. The molecule has 4 saturated heterocycles. The van der Waals surface area contributed by atoms with E-state index in [-0.39, 0.29) is 66.6 Å². The number of fused-ring (bicyclic) bond motifs is 2. The van der Waals surface area contributed by atoms with E-state index in [1.54, 1.807) is 78.5 Å². The van der Waals surface area contributed by atoms with E-state index in [0.717, 1.165) is 52.7 Å². The molecule has 8 rings (SSSR count). The fourth-order valence-corrected chi connectivity index (χ4v) is 15.6. The van der Waals surface area contributed by atoms with E-state index in [1.807, 2.05) is 68.4 Å². The van der Waals surface area contributed by atoms with Crippen molar-refractivity contribution in [2.24, 2.45) is 51.8 Å². The Balaban J connectivity index is 0.000000245. The fraction of sp³-hybridized carbons (Fsp3) is 0.705. The molecule has 0 amide bonds. The lowest BCUT2D eigenvalue weighted by Gasteiger charge is -2.34. The number of epoxide rings is 2. The molecule has 5 aliphatic heterocycles. The molecule has 20 nitrogen and oxygen atoms in total. The lowest BCUT2D eigenvalue weighted by molar-refractivity contribution is -0.156. The zero-order valence-corrected chi connectivity index (χ0v) is 66.3. The number of Topliss-reactive ketones (excluding diaryl/α,β-unsaturated/α-hetero) is 3. The van der Waals surface area contributed by atoms with E-state index in [0.29, 0.717) is 42.8 Å². The molecule has 582 valence electrons. The highest BCUT2D eigenvalue weighted by Crippen LogP contribution is 2.47. The molecule has 0 aromatic carbocycles. The summed E-state index contributed by atoms with van der Waals surface area (Å²) in [5, 5.41) is 72.1. The molecule has 104 heavy (non-hydrogen) atoms. The molecule has 0 bridgehead atoms. The second-order valence-electron chi connectivity index (χ2n) is 31.9. The van der Waals surface area contributed by atoms with Crippen LogP contribution in [0.3, 0.4) is 0 Å². The van der Waals surface area contributed by atoms with Crippen LogP contribution in [0.5, 0.6) is 0 Å². The molecule has 6 N–H and O–H groups in total. The number of cyclic esters (lactones) is 3. The Morgan fingerprint density at radius 3 is 1.05 bits per heavy atom. The second kappa shape index (κ2) is 37.2. The average molecular weight is 1520 g/mol. The number of carbonyl (C=O) groups is 6. The topological polar surface area (TPSA) is 315 Å². The van der Waals surface area contributed by atoms with Crippen molar-refractivity contribution in [2.75, 3.05) is 0 Å². The van der Waals surface area contributed by atoms with Gasteiger partial charge in [0.25, 0.3) is 0 Å². The Morgan fingerprint density at radius 2 is 0.750 bits per heavy atom. The zero-order chi connectivity index (χ0) is 77.9. The molecule has 19 atom stereocenters. The van der Waals surface area contributed by atoms with Crippen molar-refractivity contribution in [3.05, 3.63) is 77.4 Å².